The van der Waals surface area contributed by atoms with Crippen LogP contribution >= 0.6 is 11.8 Å². The zero-order valence-electron chi connectivity index (χ0n) is 13.2. The summed E-state index contributed by atoms with van der Waals surface area (Å²) in [7, 11) is 0. The molecule has 1 N–H and O–H groups in total. The monoisotopic (exact) mass is 345 g/mol. The fourth-order valence-electron chi connectivity index (χ4n) is 2.45. The second kappa shape index (κ2) is 6.52. The smallest absolute Gasteiger partial charge is 0.344 e. The van der Waals surface area contributed by atoms with Crippen molar-refractivity contribution in [2.24, 2.45) is 0 Å². The molecular weight excluding hydrogens is 330 g/mol. The van der Waals surface area contributed by atoms with Crippen molar-refractivity contribution in [1.29, 1.82) is 0 Å². The van der Waals surface area contributed by atoms with Gasteiger partial charge in [-0.25, -0.2) is 9.59 Å². The number of carbonyl (C=O) groups excluding carboxylic acids is 2. The minimum Gasteiger partial charge on any atom is -0.462 e. The summed E-state index contributed by atoms with van der Waals surface area (Å²) in [5.74, 6) is -0.694. The van der Waals surface area contributed by atoms with Crippen LogP contribution in [0.25, 0.3) is 11.0 Å². The van der Waals surface area contributed by atoms with Gasteiger partial charge in [-0.05, 0) is 31.5 Å². The summed E-state index contributed by atoms with van der Waals surface area (Å²) < 4.78 is 10.1. The van der Waals surface area contributed by atoms with Crippen LogP contribution in [-0.4, -0.2) is 24.1 Å². The zero-order chi connectivity index (χ0) is 17.3. The van der Waals surface area contributed by atoms with Crippen LogP contribution in [0.15, 0.2) is 44.1 Å². The number of nitrogens with one attached hydrogen (secondary N) is 1. The number of ketones is 1. The molecule has 0 saturated heterocycles. The van der Waals surface area contributed by atoms with E-state index in [9.17, 15) is 14.4 Å². The molecule has 0 spiro atoms. The van der Waals surface area contributed by atoms with Crippen LogP contribution < -0.4 is 10.9 Å². The van der Waals surface area contributed by atoms with E-state index >= 15 is 0 Å². The van der Waals surface area contributed by atoms with Gasteiger partial charge in [0.25, 0.3) is 0 Å². The van der Waals surface area contributed by atoms with Crippen molar-refractivity contribution < 1.29 is 18.7 Å². The standard InChI is InChI=1S/C17H15NO5S/c1-3-22-17(21)15-12(19)8-24-16(15)18-10-4-5-11-9(2)6-14(20)23-13(11)7-10/h4-7,18H,3,8H2,1-2H3. The summed E-state index contributed by atoms with van der Waals surface area (Å²) >= 11 is 1.25. The molecule has 3 rings (SSSR count). The number of thioether (sulfide) groups is 1. The van der Waals surface area contributed by atoms with Crippen molar-refractivity contribution >= 4 is 40.2 Å². The molecule has 0 aliphatic carbocycles. The SMILES string of the molecule is CCOC(=O)C1=C(Nc2ccc3c(C)cc(=O)oc3c2)SCC1=O. The fraction of sp³-hybridized carbons (Fsp3) is 0.235. The number of fused-ring (bicyclic) bond motifs is 1. The number of carbonyl (C=O) groups is 2. The Labute approximate surface area is 141 Å². The molecule has 0 bridgehead atoms. The predicted octanol–water partition coefficient (Wildman–Crippen LogP) is 2.60. The number of rotatable bonds is 4. The summed E-state index contributed by atoms with van der Waals surface area (Å²) in [6.07, 6.45) is 0. The maximum absolute atomic E-state index is 11.9. The van der Waals surface area contributed by atoms with Gasteiger partial charge in [-0.1, -0.05) is 11.8 Å². The average Bonchev–Trinajstić information content (AvgIpc) is 2.87. The Morgan fingerprint density at radius 1 is 1.33 bits per heavy atom. The second-order valence-corrected chi connectivity index (χ2v) is 6.21. The molecule has 0 unspecified atom stereocenters. The molecule has 24 heavy (non-hydrogen) atoms. The number of hydrogen-bond donors (Lipinski definition) is 1. The molecule has 0 saturated carbocycles. The van der Waals surface area contributed by atoms with E-state index in [0.29, 0.717) is 16.3 Å². The molecule has 1 aliphatic heterocycles. The molecule has 7 heteroatoms. The van der Waals surface area contributed by atoms with E-state index in [1.54, 1.807) is 19.1 Å². The Bertz CT molecular complexity index is 928. The fourth-order valence-corrected chi connectivity index (χ4v) is 3.40. The summed E-state index contributed by atoms with van der Waals surface area (Å²) in [5.41, 5.74) is 1.50. The van der Waals surface area contributed by atoms with Gasteiger partial charge in [0.2, 0.25) is 0 Å². The Hall–Kier alpha value is -2.54. The molecule has 0 fully saturated rings. The van der Waals surface area contributed by atoms with E-state index in [2.05, 4.69) is 5.32 Å². The molecule has 1 aromatic heterocycles. The number of esters is 1. The highest BCUT2D eigenvalue weighted by Crippen LogP contribution is 2.32. The van der Waals surface area contributed by atoms with Gasteiger partial charge in [0.05, 0.1) is 17.4 Å². The predicted molar refractivity (Wildman–Crippen MR) is 92.0 cm³/mol. The molecule has 2 heterocycles. The van der Waals surface area contributed by atoms with Crippen LogP contribution in [0, 0.1) is 6.92 Å². The highest BCUT2D eigenvalue weighted by atomic mass is 32.2. The molecule has 2 aromatic rings. The average molecular weight is 345 g/mol. The first kappa shape index (κ1) is 16.3. The van der Waals surface area contributed by atoms with E-state index in [0.717, 1.165) is 10.9 Å². The van der Waals surface area contributed by atoms with E-state index in [1.807, 2.05) is 13.0 Å². The lowest BCUT2D eigenvalue weighted by Gasteiger charge is -2.09. The van der Waals surface area contributed by atoms with Crippen LogP contribution in [0.5, 0.6) is 0 Å². The van der Waals surface area contributed by atoms with Crippen molar-refractivity contribution in [3.63, 3.8) is 0 Å². The number of ether oxygens (including phenoxy) is 1. The topological polar surface area (TPSA) is 85.6 Å². The van der Waals surface area contributed by atoms with Crippen LogP contribution in [0.1, 0.15) is 12.5 Å². The normalized spacial score (nSPS) is 14.3. The van der Waals surface area contributed by atoms with Gasteiger partial charge >= 0.3 is 11.6 Å². The maximum atomic E-state index is 11.9. The first-order chi connectivity index (χ1) is 11.5. The maximum Gasteiger partial charge on any atom is 0.344 e. The lowest BCUT2D eigenvalue weighted by atomic mass is 10.1. The first-order valence-electron chi connectivity index (χ1n) is 7.38. The lowest BCUT2D eigenvalue weighted by molar-refractivity contribution is -0.139. The molecule has 1 aromatic carbocycles. The van der Waals surface area contributed by atoms with Gasteiger partial charge in [-0.2, -0.15) is 0 Å². The number of anilines is 1. The Balaban J connectivity index is 1.98. The van der Waals surface area contributed by atoms with E-state index in [-0.39, 0.29) is 23.7 Å². The third-order valence-corrected chi connectivity index (χ3v) is 4.54. The van der Waals surface area contributed by atoms with Crippen molar-refractivity contribution in [2.75, 3.05) is 17.7 Å². The summed E-state index contributed by atoms with van der Waals surface area (Å²) in [6.45, 7) is 3.72. The Morgan fingerprint density at radius 3 is 2.88 bits per heavy atom. The lowest BCUT2D eigenvalue weighted by Crippen LogP contribution is -2.16. The quantitative estimate of drug-likeness (QED) is 0.518. The van der Waals surface area contributed by atoms with Gasteiger partial charge in [0.1, 0.15) is 11.2 Å². The minimum absolute atomic E-state index is 0.0349. The molecule has 1 aliphatic rings. The van der Waals surface area contributed by atoms with Crippen molar-refractivity contribution in [3.05, 3.63) is 50.9 Å². The largest absolute Gasteiger partial charge is 0.462 e. The van der Waals surface area contributed by atoms with Crippen LogP contribution in [0.3, 0.4) is 0 Å². The molecule has 0 radical (unpaired) electrons. The molecular formula is C17H15NO5S. The number of Topliss-reactive ketones (excluding diaryl/α,β-unsaturated/α-hetero) is 1. The van der Waals surface area contributed by atoms with E-state index in [4.69, 9.17) is 9.15 Å². The number of aryl methyl sites for hydroxylation is 1. The minimum atomic E-state index is -0.627. The molecule has 6 nitrogen and oxygen atoms in total. The summed E-state index contributed by atoms with van der Waals surface area (Å²) in [5, 5.41) is 4.33. The molecule has 124 valence electrons. The zero-order valence-corrected chi connectivity index (χ0v) is 14.0. The van der Waals surface area contributed by atoms with Crippen LogP contribution in [-0.2, 0) is 14.3 Å². The van der Waals surface area contributed by atoms with Crippen molar-refractivity contribution in [1.82, 2.24) is 0 Å². The summed E-state index contributed by atoms with van der Waals surface area (Å²) in [4.78, 5) is 35.4. The van der Waals surface area contributed by atoms with Gasteiger partial charge in [0, 0.05) is 23.2 Å². The summed E-state index contributed by atoms with van der Waals surface area (Å²) in [6, 6.07) is 6.72. The van der Waals surface area contributed by atoms with Crippen LogP contribution in [0.2, 0.25) is 0 Å². The molecule has 0 amide bonds. The highest BCUT2D eigenvalue weighted by Gasteiger charge is 2.31. The van der Waals surface area contributed by atoms with Gasteiger partial charge < -0.3 is 14.5 Å². The molecule has 0 atom stereocenters. The van der Waals surface area contributed by atoms with Crippen LogP contribution in [0.4, 0.5) is 5.69 Å². The second-order valence-electron chi connectivity index (χ2n) is 5.22. The van der Waals surface area contributed by atoms with Crippen molar-refractivity contribution in [3.8, 4) is 0 Å². The van der Waals surface area contributed by atoms with Gasteiger partial charge in [-0.3, -0.25) is 4.79 Å². The van der Waals surface area contributed by atoms with E-state index in [1.165, 1.54) is 17.8 Å². The van der Waals surface area contributed by atoms with Crippen molar-refractivity contribution in [2.45, 2.75) is 13.8 Å². The van der Waals surface area contributed by atoms with Gasteiger partial charge in [-0.15, -0.1) is 0 Å². The highest BCUT2D eigenvalue weighted by molar-refractivity contribution is 8.04. The van der Waals surface area contributed by atoms with E-state index < -0.39 is 11.6 Å². The first-order valence-corrected chi connectivity index (χ1v) is 8.37. The Morgan fingerprint density at radius 2 is 2.12 bits per heavy atom. The third-order valence-electron chi connectivity index (χ3n) is 3.54. The van der Waals surface area contributed by atoms with Gasteiger partial charge in [0.15, 0.2) is 5.78 Å². The number of benzene rings is 1. The Kier molecular flexibility index (Phi) is 4.44. The number of hydrogen-bond acceptors (Lipinski definition) is 7. The third kappa shape index (κ3) is 3.07.